The quantitative estimate of drug-likeness (QED) is 0.100. The van der Waals surface area contributed by atoms with E-state index in [1.807, 2.05) is 24.3 Å². The van der Waals surface area contributed by atoms with Crippen LogP contribution in [-0.4, -0.2) is 0 Å². The van der Waals surface area contributed by atoms with E-state index in [1.165, 1.54) is 33.4 Å². The van der Waals surface area contributed by atoms with Crippen molar-refractivity contribution in [2.24, 2.45) is 0 Å². The van der Waals surface area contributed by atoms with Gasteiger partial charge in [0.25, 0.3) is 0 Å². The molecule has 0 heterocycles. The summed E-state index contributed by atoms with van der Waals surface area (Å²) in [7, 11) is 0. The number of nitrogens with zero attached hydrogens (tertiary/aromatic N) is 2. The molecule has 0 bridgehead atoms. The van der Waals surface area contributed by atoms with Gasteiger partial charge in [0.1, 0.15) is 0 Å². The maximum Gasteiger partial charge on any atom is 0.0438 e. The van der Waals surface area contributed by atoms with Crippen molar-refractivity contribution in [1.82, 2.24) is 0 Å². The third kappa shape index (κ3) is 9.37. The molecule has 270 valence electrons. The molecule has 0 aliphatic carbocycles. The first kappa shape index (κ1) is 39.9. The van der Waals surface area contributed by atoms with Crippen molar-refractivity contribution in [2.75, 3.05) is 9.80 Å². The Kier molecular flexibility index (Phi) is 13.4. The van der Waals surface area contributed by atoms with Crippen molar-refractivity contribution in [3.8, 4) is 22.3 Å². The Morgan fingerprint density at radius 1 is 0.304 bits per heavy atom. The van der Waals surface area contributed by atoms with Crippen LogP contribution in [0.3, 0.4) is 0 Å². The summed E-state index contributed by atoms with van der Waals surface area (Å²) in [6, 6.07) is 74.9. The zero-order valence-electron chi connectivity index (χ0n) is 31.4. The van der Waals surface area contributed by atoms with Gasteiger partial charge in [-0.25, -0.2) is 0 Å². The summed E-state index contributed by atoms with van der Waals surface area (Å²) in [6.45, 7) is 4.23. The van der Waals surface area contributed by atoms with Gasteiger partial charge in [0.2, 0.25) is 0 Å². The predicted molar refractivity (Wildman–Crippen MR) is 229 cm³/mol. The Morgan fingerprint density at radius 3 is 0.821 bits per heavy atom. The van der Waals surface area contributed by atoms with Gasteiger partial charge in [-0.05, 0) is 95.8 Å². The SMILES string of the molecule is Cc1ccc(N(c2cc[c-]cc2)c2ccc(-c3ccc(/C=C/c4ccc(-c5ccc(N(c6cc[c-]cc6)c6ccc(C)cc6)cc5)cc4)cc3)cc2)cc1.[V].[V]. The topological polar surface area (TPSA) is 6.48 Å². The summed E-state index contributed by atoms with van der Waals surface area (Å²) >= 11 is 0. The summed E-state index contributed by atoms with van der Waals surface area (Å²) in [5.41, 5.74) is 16.3. The number of anilines is 6. The number of benzene rings is 8. The molecule has 8 aromatic rings. The molecule has 0 saturated heterocycles. The zero-order valence-corrected chi connectivity index (χ0v) is 34.2. The first-order valence-electron chi connectivity index (χ1n) is 18.3. The Balaban J connectivity index is 0.00000266. The summed E-state index contributed by atoms with van der Waals surface area (Å²) in [4.78, 5) is 4.55. The summed E-state index contributed by atoms with van der Waals surface area (Å²) in [5, 5.41) is 0. The van der Waals surface area contributed by atoms with Crippen molar-refractivity contribution in [2.45, 2.75) is 13.8 Å². The van der Waals surface area contributed by atoms with Gasteiger partial charge in [-0.3, -0.25) is 0 Å². The smallest absolute Gasteiger partial charge is 0.0438 e. The van der Waals surface area contributed by atoms with E-state index >= 15 is 0 Å². The molecule has 0 unspecified atom stereocenters. The maximum atomic E-state index is 3.14. The molecular formula is C52H40N2V2-2. The van der Waals surface area contributed by atoms with E-state index < -0.39 is 0 Å². The minimum absolute atomic E-state index is 0. The summed E-state index contributed by atoms with van der Waals surface area (Å²) in [6.07, 6.45) is 4.35. The van der Waals surface area contributed by atoms with Crippen LogP contribution in [0.1, 0.15) is 22.3 Å². The van der Waals surface area contributed by atoms with Crippen LogP contribution in [0.4, 0.5) is 34.1 Å². The summed E-state index contributed by atoms with van der Waals surface area (Å²) < 4.78 is 0. The first-order valence-corrected chi connectivity index (χ1v) is 18.3. The van der Waals surface area contributed by atoms with E-state index in [2.05, 4.69) is 218 Å². The molecule has 0 aliphatic heterocycles. The molecule has 56 heavy (non-hydrogen) atoms. The predicted octanol–water partition coefficient (Wildman–Crippen LogP) is 14.3. The van der Waals surface area contributed by atoms with E-state index in [4.69, 9.17) is 0 Å². The average Bonchev–Trinajstić information content (AvgIpc) is 3.23. The van der Waals surface area contributed by atoms with Crippen LogP contribution in [0.2, 0.25) is 0 Å². The van der Waals surface area contributed by atoms with Crippen molar-refractivity contribution in [1.29, 1.82) is 0 Å². The Bertz CT molecular complexity index is 2260. The fourth-order valence-corrected chi connectivity index (χ4v) is 6.71. The van der Waals surface area contributed by atoms with Crippen LogP contribution in [0.25, 0.3) is 34.4 Å². The van der Waals surface area contributed by atoms with Crippen molar-refractivity contribution < 1.29 is 37.1 Å². The molecule has 8 aromatic carbocycles. The molecule has 0 spiro atoms. The Hall–Kier alpha value is -5.73. The van der Waals surface area contributed by atoms with Gasteiger partial charge in [-0.15, -0.1) is 24.3 Å². The van der Waals surface area contributed by atoms with Crippen LogP contribution in [0.15, 0.2) is 194 Å². The van der Waals surface area contributed by atoms with Gasteiger partial charge in [-0.1, -0.05) is 132 Å². The molecular weight excluding hydrogens is 754 g/mol. The van der Waals surface area contributed by atoms with Crippen molar-refractivity contribution in [3.05, 3.63) is 229 Å². The number of rotatable bonds is 10. The normalized spacial score (nSPS) is 10.7. The third-order valence-corrected chi connectivity index (χ3v) is 9.71. The van der Waals surface area contributed by atoms with Crippen molar-refractivity contribution in [3.63, 3.8) is 0 Å². The standard InChI is InChI=1S/C52H40N2.2V/c1-39-13-31-49(32-14-39)53(47-9-5-3-6-10-47)51-35-27-45(28-36-51)43-23-19-41(20-24-43)17-18-42-21-25-44(26-22-42)46-29-37-52(38-30-46)54(48-11-7-4-8-12-48)50-33-15-40(2)16-34-50;;/h5-38H,1-2H3;;/q-2;;/b18-17+;;. The molecule has 0 fully saturated rings. The second-order valence-electron chi connectivity index (χ2n) is 13.5. The minimum atomic E-state index is 0. The number of aryl methyl sites for hydroxylation is 2. The van der Waals surface area contributed by atoms with Crippen LogP contribution >= 0.6 is 0 Å². The van der Waals surface area contributed by atoms with Crippen molar-refractivity contribution >= 4 is 46.3 Å². The maximum absolute atomic E-state index is 3.14. The van der Waals surface area contributed by atoms with E-state index in [1.54, 1.807) is 0 Å². The fourth-order valence-electron chi connectivity index (χ4n) is 6.71. The van der Waals surface area contributed by atoms with Gasteiger partial charge in [0, 0.05) is 59.9 Å². The Morgan fingerprint density at radius 2 is 0.536 bits per heavy atom. The average molecular weight is 795 g/mol. The van der Waals surface area contributed by atoms with Gasteiger partial charge < -0.3 is 9.80 Å². The van der Waals surface area contributed by atoms with E-state index in [0.29, 0.717) is 0 Å². The molecule has 2 nitrogen and oxygen atoms in total. The summed E-state index contributed by atoms with van der Waals surface area (Å²) in [5.74, 6) is 0. The first-order chi connectivity index (χ1) is 26.6. The van der Waals surface area contributed by atoms with Crippen LogP contribution < -0.4 is 9.80 Å². The molecule has 0 aromatic heterocycles. The minimum Gasteiger partial charge on any atom is -0.334 e. The largest absolute Gasteiger partial charge is 0.334 e. The zero-order chi connectivity index (χ0) is 36.7. The Labute approximate surface area is 355 Å². The number of hydrogen-bond acceptors (Lipinski definition) is 2. The fraction of sp³-hybridized carbons (Fsp3) is 0.0385. The molecule has 0 atom stereocenters. The van der Waals surface area contributed by atoms with E-state index in [0.717, 1.165) is 45.3 Å². The molecule has 8 rings (SSSR count). The van der Waals surface area contributed by atoms with Crippen LogP contribution in [0, 0.1) is 26.0 Å². The molecule has 2 radical (unpaired) electrons. The second-order valence-corrected chi connectivity index (χ2v) is 13.5. The van der Waals surface area contributed by atoms with Gasteiger partial charge in [0.15, 0.2) is 0 Å². The second kappa shape index (κ2) is 18.7. The molecule has 0 N–H and O–H groups in total. The van der Waals surface area contributed by atoms with Crippen LogP contribution in [0.5, 0.6) is 0 Å². The van der Waals surface area contributed by atoms with Gasteiger partial charge >= 0.3 is 0 Å². The van der Waals surface area contributed by atoms with Gasteiger partial charge in [0.05, 0.1) is 0 Å². The monoisotopic (exact) mass is 794 g/mol. The van der Waals surface area contributed by atoms with Crippen LogP contribution in [-0.2, 0) is 37.1 Å². The number of hydrogen-bond donors (Lipinski definition) is 0. The van der Waals surface area contributed by atoms with E-state index in [9.17, 15) is 0 Å². The molecule has 0 amide bonds. The van der Waals surface area contributed by atoms with Gasteiger partial charge in [-0.2, -0.15) is 36.4 Å². The molecule has 4 heteroatoms. The molecule has 0 aliphatic rings. The third-order valence-electron chi connectivity index (χ3n) is 9.71. The van der Waals surface area contributed by atoms with E-state index in [-0.39, 0.29) is 37.1 Å². The molecule has 0 saturated carbocycles.